The van der Waals surface area contributed by atoms with Crippen LogP contribution in [0.25, 0.3) is 0 Å². The van der Waals surface area contributed by atoms with Crippen LogP contribution in [0, 0.1) is 10.1 Å². The van der Waals surface area contributed by atoms with Gasteiger partial charge in [-0.1, -0.05) is 24.3 Å². The van der Waals surface area contributed by atoms with E-state index in [1.807, 2.05) is 37.4 Å². The van der Waals surface area contributed by atoms with Gasteiger partial charge in [0.15, 0.2) is 0 Å². The van der Waals surface area contributed by atoms with Crippen LogP contribution in [-0.4, -0.2) is 74.9 Å². The number of carbonyl (C=O) groups excluding carboxylic acids is 1. The minimum absolute atomic E-state index is 0.118. The Morgan fingerprint density at radius 2 is 1.78 bits per heavy atom. The van der Waals surface area contributed by atoms with Gasteiger partial charge in [0.05, 0.1) is 9.82 Å². The third-order valence-electron chi connectivity index (χ3n) is 5.34. The molecular formula is C21H27N5O5S. The zero-order valence-electron chi connectivity index (χ0n) is 17.9. The molecule has 11 heteroatoms. The van der Waals surface area contributed by atoms with E-state index in [1.54, 1.807) is 4.90 Å². The molecule has 0 atom stereocenters. The van der Waals surface area contributed by atoms with Crippen LogP contribution in [0.15, 0.2) is 59.5 Å². The van der Waals surface area contributed by atoms with Gasteiger partial charge in [-0.2, -0.15) is 4.31 Å². The molecule has 172 valence electrons. The first-order valence-electron chi connectivity index (χ1n) is 10.3. The SMILES string of the molecule is CN(CCCNC(=O)N1CCN(S(=O)(=O)c2cccc([N+](=O)[O-])c2)CC1)c1ccccc1. The predicted molar refractivity (Wildman–Crippen MR) is 121 cm³/mol. The van der Waals surface area contributed by atoms with E-state index in [0.717, 1.165) is 24.7 Å². The van der Waals surface area contributed by atoms with Gasteiger partial charge in [-0.05, 0) is 24.6 Å². The van der Waals surface area contributed by atoms with Crippen LogP contribution < -0.4 is 10.2 Å². The number of hydrogen-bond acceptors (Lipinski definition) is 6. The quantitative estimate of drug-likeness (QED) is 0.366. The number of urea groups is 1. The van der Waals surface area contributed by atoms with Crippen molar-refractivity contribution in [1.82, 2.24) is 14.5 Å². The molecule has 0 aromatic heterocycles. The Morgan fingerprint density at radius 1 is 1.09 bits per heavy atom. The molecule has 0 unspecified atom stereocenters. The van der Waals surface area contributed by atoms with Gasteiger partial charge < -0.3 is 15.1 Å². The maximum atomic E-state index is 12.8. The van der Waals surface area contributed by atoms with Gasteiger partial charge in [-0.15, -0.1) is 0 Å². The molecule has 0 radical (unpaired) electrons. The predicted octanol–water partition coefficient (Wildman–Crippen LogP) is 2.14. The van der Waals surface area contributed by atoms with Gasteiger partial charge in [0.25, 0.3) is 5.69 Å². The van der Waals surface area contributed by atoms with Crippen molar-refractivity contribution >= 4 is 27.4 Å². The largest absolute Gasteiger partial charge is 0.375 e. The Morgan fingerprint density at radius 3 is 2.44 bits per heavy atom. The number of sulfonamides is 1. The number of rotatable bonds is 8. The number of hydrogen-bond donors (Lipinski definition) is 1. The van der Waals surface area contributed by atoms with Gasteiger partial charge in [0.1, 0.15) is 0 Å². The molecule has 1 fully saturated rings. The maximum absolute atomic E-state index is 12.8. The standard InChI is InChI=1S/C21H27N5O5S/c1-23(18-7-3-2-4-8-18)12-6-11-22-21(27)24-13-15-25(16-14-24)32(30,31)20-10-5-9-19(17-20)26(28)29/h2-5,7-10,17H,6,11-16H2,1H3,(H,22,27). The molecule has 2 aromatic carbocycles. The summed E-state index contributed by atoms with van der Waals surface area (Å²) in [5.41, 5.74) is 0.835. The lowest BCUT2D eigenvalue weighted by molar-refractivity contribution is -0.385. The number of carbonyl (C=O) groups is 1. The monoisotopic (exact) mass is 461 g/mol. The Bertz CT molecular complexity index is 1040. The number of non-ortho nitro benzene ring substituents is 1. The van der Waals surface area contributed by atoms with Gasteiger partial charge in [0, 0.05) is 64.1 Å². The summed E-state index contributed by atoms with van der Waals surface area (Å²) in [5, 5.41) is 13.8. The number of nitro benzene ring substituents is 1. The van der Waals surface area contributed by atoms with E-state index in [9.17, 15) is 23.3 Å². The van der Waals surface area contributed by atoms with E-state index in [1.165, 1.54) is 22.5 Å². The van der Waals surface area contributed by atoms with Gasteiger partial charge in [-0.25, -0.2) is 13.2 Å². The van der Waals surface area contributed by atoms with E-state index < -0.39 is 14.9 Å². The first-order valence-corrected chi connectivity index (χ1v) is 11.8. The number of piperazine rings is 1. The highest BCUT2D eigenvalue weighted by Crippen LogP contribution is 2.22. The average molecular weight is 462 g/mol. The number of nitrogens with zero attached hydrogens (tertiary/aromatic N) is 4. The molecule has 1 saturated heterocycles. The van der Waals surface area contributed by atoms with Crippen LogP contribution >= 0.6 is 0 Å². The molecule has 3 rings (SSSR count). The second-order valence-electron chi connectivity index (χ2n) is 7.49. The molecule has 0 spiro atoms. The lowest BCUT2D eigenvalue weighted by atomic mass is 10.3. The Hall–Kier alpha value is -3.18. The Balaban J connectivity index is 1.45. The first kappa shape index (κ1) is 23.5. The number of anilines is 1. The summed E-state index contributed by atoms with van der Waals surface area (Å²) >= 11 is 0. The third-order valence-corrected chi connectivity index (χ3v) is 7.23. The molecule has 10 nitrogen and oxygen atoms in total. The summed E-state index contributed by atoms with van der Waals surface area (Å²) in [6, 6.07) is 14.8. The summed E-state index contributed by atoms with van der Waals surface area (Å²) in [4.78, 5) is 26.3. The van der Waals surface area contributed by atoms with Crippen molar-refractivity contribution in [2.24, 2.45) is 0 Å². The number of para-hydroxylation sites is 1. The van der Waals surface area contributed by atoms with Gasteiger partial charge >= 0.3 is 6.03 Å². The molecule has 0 bridgehead atoms. The van der Waals surface area contributed by atoms with Crippen LogP contribution in [0.5, 0.6) is 0 Å². The molecule has 1 N–H and O–H groups in total. The summed E-state index contributed by atoms with van der Waals surface area (Å²) in [7, 11) is -1.86. The lowest BCUT2D eigenvalue weighted by Crippen LogP contribution is -2.53. The molecular weight excluding hydrogens is 434 g/mol. The molecule has 2 amide bonds. The molecule has 1 heterocycles. The van der Waals surface area contributed by atoms with Crippen LogP contribution in [0.2, 0.25) is 0 Å². The summed E-state index contributed by atoms with van der Waals surface area (Å²) in [5.74, 6) is 0. The fourth-order valence-electron chi connectivity index (χ4n) is 3.47. The maximum Gasteiger partial charge on any atom is 0.317 e. The third kappa shape index (κ3) is 5.74. The Kier molecular flexibility index (Phi) is 7.65. The summed E-state index contributed by atoms with van der Waals surface area (Å²) < 4.78 is 26.9. The minimum atomic E-state index is -3.86. The highest BCUT2D eigenvalue weighted by atomic mass is 32.2. The molecule has 0 saturated carbocycles. The fraction of sp³-hybridized carbons (Fsp3) is 0.381. The van der Waals surface area contributed by atoms with Gasteiger partial charge in [0.2, 0.25) is 10.0 Å². The van der Waals surface area contributed by atoms with E-state index >= 15 is 0 Å². The lowest BCUT2D eigenvalue weighted by Gasteiger charge is -2.34. The molecule has 1 aliphatic heterocycles. The minimum Gasteiger partial charge on any atom is -0.375 e. The van der Waals surface area contributed by atoms with Crippen LogP contribution in [0.3, 0.4) is 0 Å². The zero-order chi connectivity index (χ0) is 23.1. The fourth-order valence-corrected chi connectivity index (χ4v) is 4.94. The van der Waals surface area contributed by atoms with E-state index in [0.29, 0.717) is 6.54 Å². The van der Waals surface area contributed by atoms with Crippen molar-refractivity contribution in [3.63, 3.8) is 0 Å². The molecule has 2 aromatic rings. The normalized spacial score (nSPS) is 14.7. The van der Waals surface area contributed by atoms with Crippen LogP contribution in [0.4, 0.5) is 16.2 Å². The van der Waals surface area contributed by atoms with E-state index in [-0.39, 0.29) is 42.8 Å². The summed E-state index contributed by atoms with van der Waals surface area (Å²) in [6.45, 7) is 2.08. The van der Waals surface area contributed by atoms with Crippen molar-refractivity contribution < 1.29 is 18.1 Å². The molecule has 0 aliphatic carbocycles. The average Bonchev–Trinajstić information content (AvgIpc) is 2.82. The van der Waals surface area contributed by atoms with E-state index in [2.05, 4.69) is 10.2 Å². The smallest absolute Gasteiger partial charge is 0.317 e. The second-order valence-corrected chi connectivity index (χ2v) is 9.43. The van der Waals surface area contributed by atoms with Crippen molar-refractivity contribution in [3.8, 4) is 0 Å². The van der Waals surface area contributed by atoms with Crippen LogP contribution in [0.1, 0.15) is 6.42 Å². The van der Waals surface area contributed by atoms with E-state index in [4.69, 9.17) is 0 Å². The number of nitrogens with one attached hydrogen (secondary N) is 1. The first-order chi connectivity index (χ1) is 15.3. The topological polar surface area (TPSA) is 116 Å². The highest BCUT2D eigenvalue weighted by Gasteiger charge is 2.30. The number of amides is 2. The van der Waals surface area contributed by atoms with Crippen LogP contribution in [-0.2, 0) is 10.0 Å². The highest BCUT2D eigenvalue weighted by molar-refractivity contribution is 7.89. The van der Waals surface area contributed by atoms with Crippen molar-refractivity contribution in [3.05, 3.63) is 64.7 Å². The number of nitro groups is 1. The number of benzene rings is 2. The Labute approximate surface area is 187 Å². The van der Waals surface area contributed by atoms with Crippen molar-refractivity contribution in [2.45, 2.75) is 11.3 Å². The molecule has 32 heavy (non-hydrogen) atoms. The van der Waals surface area contributed by atoms with Crippen molar-refractivity contribution in [1.29, 1.82) is 0 Å². The molecule has 1 aliphatic rings. The van der Waals surface area contributed by atoms with Crippen molar-refractivity contribution in [2.75, 3.05) is 51.2 Å². The summed E-state index contributed by atoms with van der Waals surface area (Å²) in [6.07, 6.45) is 0.776. The van der Waals surface area contributed by atoms with Gasteiger partial charge in [-0.3, -0.25) is 10.1 Å². The zero-order valence-corrected chi connectivity index (χ0v) is 18.7. The second kappa shape index (κ2) is 10.4.